The Bertz CT molecular complexity index is 492. The van der Waals surface area contributed by atoms with Crippen LogP contribution in [0.1, 0.15) is 71.6 Å². The highest BCUT2D eigenvalue weighted by atomic mass is 16.1. The third-order valence-electron chi connectivity index (χ3n) is 8.34. The van der Waals surface area contributed by atoms with Crippen molar-refractivity contribution in [1.29, 1.82) is 0 Å². The van der Waals surface area contributed by atoms with Gasteiger partial charge < -0.3 is 0 Å². The van der Waals surface area contributed by atoms with Gasteiger partial charge in [0.2, 0.25) is 0 Å². The van der Waals surface area contributed by atoms with Crippen LogP contribution in [-0.4, -0.2) is 5.78 Å². The normalized spacial score (nSPS) is 53.0. The molecule has 0 aromatic carbocycles. The Balaban J connectivity index is 1.72. The molecule has 0 heterocycles. The molecule has 6 atom stereocenters. The lowest BCUT2D eigenvalue weighted by atomic mass is 9.45. The molecule has 0 N–H and O–H groups in total. The third kappa shape index (κ3) is 1.72. The van der Waals surface area contributed by atoms with Crippen molar-refractivity contribution in [1.82, 2.24) is 0 Å². The number of carbonyl (C=O) groups excluding carboxylic acids is 1. The van der Waals surface area contributed by atoms with Gasteiger partial charge in [-0.25, -0.2) is 0 Å². The molecule has 0 amide bonds. The van der Waals surface area contributed by atoms with E-state index in [1.165, 1.54) is 50.5 Å². The van der Waals surface area contributed by atoms with Crippen LogP contribution in [0.5, 0.6) is 0 Å². The summed E-state index contributed by atoms with van der Waals surface area (Å²) in [5.41, 5.74) is 2.17. The lowest BCUT2D eigenvalue weighted by molar-refractivity contribution is -0.152. The molecule has 4 aliphatic carbocycles. The number of allylic oxidation sites excluding steroid dienone is 1. The van der Waals surface area contributed by atoms with Gasteiger partial charge in [0.15, 0.2) is 0 Å². The average molecular weight is 286 g/mol. The fourth-order valence-corrected chi connectivity index (χ4v) is 6.87. The molecule has 116 valence electrons. The van der Waals surface area contributed by atoms with E-state index in [0.29, 0.717) is 34.9 Å². The molecule has 0 spiro atoms. The summed E-state index contributed by atoms with van der Waals surface area (Å²) in [4.78, 5) is 13.0. The fourth-order valence-electron chi connectivity index (χ4n) is 6.87. The van der Waals surface area contributed by atoms with Crippen LogP contribution in [0.4, 0.5) is 0 Å². The lowest BCUT2D eigenvalue weighted by Crippen LogP contribution is -2.55. The standard InChI is InChI=1S/C20H30O/c1-13-7-8-15-18-16(9-11-19(13,15)2)20(3)10-5-4-6-14(20)12-17(18)21/h14-16,18H,1,4-12H2,2-3H3. The maximum Gasteiger partial charge on any atom is 0.136 e. The van der Waals surface area contributed by atoms with Crippen LogP contribution in [0, 0.1) is 34.5 Å². The Morgan fingerprint density at radius 1 is 1.05 bits per heavy atom. The second-order valence-corrected chi connectivity index (χ2v) is 8.96. The van der Waals surface area contributed by atoms with E-state index in [2.05, 4.69) is 20.4 Å². The number of carbonyl (C=O) groups is 1. The van der Waals surface area contributed by atoms with Gasteiger partial charge in [-0.3, -0.25) is 4.79 Å². The first kappa shape index (κ1) is 14.0. The number of fused-ring (bicyclic) bond motifs is 5. The molecule has 4 saturated carbocycles. The minimum atomic E-state index is 0.273. The van der Waals surface area contributed by atoms with Crippen LogP contribution in [-0.2, 0) is 4.79 Å². The predicted molar refractivity (Wildman–Crippen MR) is 85.9 cm³/mol. The van der Waals surface area contributed by atoms with Crippen molar-refractivity contribution in [2.24, 2.45) is 34.5 Å². The molecular weight excluding hydrogens is 256 g/mol. The molecule has 21 heavy (non-hydrogen) atoms. The summed E-state index contributed by atoms with van der Waals surface area (Å²) in [5.74, 6) is 2.95. The highest BCUT2D eigenvalue weighted by Gasteiger charge is 2.60. The zero-order valence-electron chi connectivity index (χ0n) is 13.8. The van der Waals surface area contributed by atoms with Crippen LogP contribution < -0.4 is 0 Å². The first-order valence-corrected chi connectivity index (χ1v) is 9.18. The second kappa shape index (κ2) is 4.46. The number of Topliss-reactive ketones (excluding diaryl/α,β-unsaturated/α-hetero) is 1. The van der Waals surface area contributed by atoms with Crippen molar-refractivity contribution < 1.29 is 4.79 Å². The summed E-state index contributed by atoms with van der Waals surface area (Å²) in [7, 11) is 0. The highest BCUT2D eigenvalue weighted by Crippen LogP contribution is 2.66. The van der Waals surface area contributed by atoms with Crippen molar-refractivity contribution in [3.05, 3.63) is 12.2 Å². The first-order chi connectivity index (χ1) is 9.97. The molecule has 4 rings (SSSR count). The van der Waals surface area contributed by atoms with Gasteiger partial charge in [0, 0.05) is 12.3 Å². The van der Waals surface area contributed by atoms with E-state index < -0.39 is 0 Å². The van der Waals surface area contributed by atoms with Crippen LogP contribution in [0.25, 0.3) is 0 Å². The Hall–Kier alpha value is -0.590. The van der Waals surface area contributed by atoms with E-state index in [9.17, 15) is 4.79 Å². The van der Waals surface area contributed by atoms with Crippen molar-refractivity contribution in [3.8, 4) is 0 Å². The van der Waals surface area contributed by atoms with Gasteiger partial charge in [0.25, 0.3) is 0 Å². The Morgan fingerprint density at radius 3 is 2.67 bits per heavy atom. The van der Waals surface area contributed by atoms with E-state index in [1.807, 2.05) is 0 Å². The van der Waals surface area contributed by atoms with E-state index in [4.69, 9.17) is 0 Å². The Morgan fingerprint density at radius 2 is 1.86 bits per heavy atom. The molecule has 0 aromatic heterocycles. The molecule has 0 aromatic rings. The van der Waals surface area contributed by atoms with Crippen molar-refractivity contribution >= 4 is 5.78 Å². The van der Waals surface area contributed by atoms with Crippen molar-refractivity contribution in [3.63, 3.8) is 0 Å². The summed E-state index contributed by atoms with van der Waals surface area (Å²) >= 11 is 0. The summed E-state index contributed by atoms with van der Waals surface area (Å²) < 4.78 is 0. The molecule has 0 bridgehead atoms. The zero-order valence-corrected chi connectivity index (χ0v) is 13.8. The van der Waals surface area contributed by atoms with Gasteiger partial charge in [-0.15, -0.1) is 0 Å². The summed E-state index contributed by atoms with van der Waals surface area (Å²) in [6.07, 6.45) is 11.2. The van der Waals surface area contributed by atoms with Gasteiger partial charge >= 0.3 is 0 Å². The lowest BCUT2D eigenvalue weighted by Gasteiger charge is -2.59. The van der Waals surface area contributed by atoms with Crippen LogP contribution in [0.3, 0.4) is 0 Å². The molecular formula is C20H30O. The smallest absolute Gasteiger partial charge is 0.136 e. The number of rotatable bonds is 0. The number of ketones is 1. The summed E-state index contributed by atoms with van der Waals surface area (Å²) in [6, 6.07) is 0. The van der Waals surface area contributed by atoms with Gasteiger partial charge in [0.05, 0.1) is 0 Å². The summed E-state index contributed by atoms with van der Waals surface area (Å²) in [5, 5.41) is 0. The molecule has 0 saturated heterocycles. The molecule has 1 heteroatoms. The predicted octanol–water partition coefficient (Wildman–Crippen LogP) is 5.15. The van der Waals surface area contributed by atoms with Crippen LogP contribution in [0.2, 0.25) is 0 Å². The fraction of sp³-hybridized carbons (Fsp3) is 0.850. The van der Waals surface area contributed by atoms with Gasteiger partial charge in [-0.2, -0.15) is 0 Å². The quantitative estimate of drug-likeness (QED) is 0.562. The average Bonchev–Trinajstić information content (AvgIpc) is 2.76. The molecule has 6 unspecified atom stereocenters. The van der Waals surface area contributed by atoms with Gasteiger partial charge in [-0.05, 0) is 67.1 Å². The zero-order chi connectivity index (χ0) is 14.8. The van der Waals surface area contributed by atoms with E-state index in [-0.39, 0.29) is 5.41 Å². The van der Waals surface area contributed by atoms with Crippen LogP contribution >= 0.6 is 0 Å². The summed E-state index contributed by atoms with van der Waals surface area (Å²) in [6.45, 7) is 9.30. The van der Waals surface area contributed by atoms with Gasteiger partial charge in [0.1, 0.15) is 5.78 Å². The maximum absolute atomic E-state index is 13.0. The first-order valence-electron chi connectivity index (χ1n) is 9.18. The highest BCUT2D eigenvalue weighted by molar-refractivity contribution is 5.83. The van der Waals surface area contributed by atoms with Gasteiger partial charge in [-0.1, -0.05) is 38.8 Å². The van der Waals surface area contributed by atoms with Crippen molar-refractivity contribution in [2.45, 2.75) is 71.6 Å². The Kier molecular flexibility index (Phi) is 2.98. The molecule has 0 radical (unpaired) electrons. The number of hydrogen-bond donors (Lipinski definition) is 0. The van der Waals surface area contributed by atoms with Crippen molar-refractivity contribution in [2.75, 3.05) is 0 Å². The number of hydrogen-bond acceptors (Lipinski definition) is 1. The molecule has 4 fully saturated rings. The van der Waals surface area contributed by atoms with E-state index in [0.717, 1.165) is 12.8 Å². The van der Waals surface area contributed by atoms with E-state index in [1.54, 1.807) is 0 Å². The minimum Gasteiger partial charge on any atom is -0.299 e. The largest absolute Gasteiger partial charge is 0.299 e. The Labute approximate surface area is 129 Å². The van der Waals surface area contributed by atoms with E-state index >= 15 is 0 Å². The third-order valence-corrected chi connectivity index (χ3v) is 8.34. The monoisotopic (exact) mass is 286 g/mol. The maximum atomic E-state index is 13.0. The van der Waals surface area contributed by atoms with Crippen LogP contribution in [0.15, 0.2) is 12.2 Å². The molecule has 0 aliphatic heterocycles. The molecule has 4 aliphatic rings. The molecule has 1 nitrogen and oxygen atoms in total. The second-order valence-electron chi connectivity index (χ2n) is 8.96. The topological polar surface area (TPSA) is 17.1 Å². The minimum absolute atomic E-state index is 0.273. The SMILES string of the molecule is C=C1CCC2C3C(=O)CC4CCCCC4(C)C3CCC12C.